The van der Waals surface area contributed by atoms with Crippen molar-refractivity contribution >= 4 is 57.8 Å². The molecule has 4 rings (SSSR count). The van der Waals surface area contributed by atoms with Crippen LogP contribution in [-0.4, -0.2) is 22.1 Å². The number of nitrogens with one attached hydrogen (secondary N) is 3. The van der Waals surface area contributed by atoms with Gasteiger partial charge in [-0.05, 0) is 104 Å². The van der Waals surface area contributed by atoms with Gasteiger partial charge in [-0.2, -0.15) is 0 Å². The number of benzene rings is 4. The van der Waals surface area contributed by atoms with Crippen LogP contribution in [-0.2, 0) is 4.79 Å². The van der Waals surface area contributed by atoms with Crippen molar-refractivity contribution in [2.75, 3.05) is 16.0 Å². The predicted octanol–water partition coefficient (Wildman–Crippen LogP) is 8.00. The zero-order chi connectivity index (χ0) is 27.6. The summed E-state index contributed by atoms with van der Waals surface area (Å²) in [7, 11) is 0. The summed E-state index contributed by atoms with van der Waals surface area (Å²) >= 11 is 6.95. The minimum Gasteiger partial charge on any atom is -0.457 e. The molecule has 3 N–H and O–H groups in total. The van der Waals surface area contributed by atoms with Gasteiger partial charge in [-0.3, -0.25) is 9.59 Å². The van der Waals surface area contributed by atoms with Crippen LogP contribution in [0.5, 0.6) is 11.5 Å². The maximum absolute atomic E-state index is 13.0. The third kappa shape index (κ3) is 8.43. The van der Waals surface area contributed by atoms with Gasteiger partial charge < -0.3 is 20.7 Å². The number of para-hydroxylation sites is 1. The van der Waals surface area contributed by atoms with Gasteiger partial charge in [0.2, 0.25) is 5.91 Å². The molecule has 0 aliphatic heterocycles. The Morgan fingerprint density at radius 2 is 1.38 bits per heavy atom. The van der Waals surface area contributed by atoms with Crippen molar-refractivity contribution in [2.45, 2.75) is 30.4 Å². The van der Waals surface area contributed by atoms with Crippen LogP contribution >= 0.6 is 24.0 Å². The van der Waals surface area contributed by atoms with E-state index in [0.29, 0.717) is 28.5 Å². The normalized spacial score (nSPS) is 11.2. The van der Waals surface area contributed by atoms with Gasteiger partial charge in [-0.15, -0.1) is 11.8 Å². The number of thiocarbonyl (C=S) groups is 1. The number of anilines is 3. The lowest BCUT2D eigenvalue weighted by atomic mass is 10.1. The van der Waals surface area contributed by atoms with Crippen molar-refractivity contribution in [1.29, 1.82) is 0 Å². The molecule has 1 amide bonds. The average molecular weight is 556 g/mol. The summed E-state index contributed by atoms with van der Waals surface area (Å²) in [6.07, 6.45) is 0.666. The molecule has 198 valence electrons. The number of amides is 1. The van der Waals surface area contributed by atoms with Gasteiger partial charge in [0, 0.05) is 27.5 Å². The number of rotatable bonds is 10. The molecule has 4 aromatic rings. The van der Waals surface area contributed by atoms with Gasteiger partial charge in [-0.1, -0.05) is 31.2 Å². The van der Waals surface area contributed by atoms with Crippen molar-refractivity contribution in [1.82, 2.24) is 0 Å². The number of carbonyl (C=O) groups is 2. The largest absolute Gasteiger partial charge is 0.457 e. The Balaban J connectivity index is 1.31. The molecule has 1 atom stereocenters. The first-order valence-corrected chi connectivity index (χ1v) is 13.8. The van der Waals surface area contributed by atoms with E-state index in [4.69, 9.17) is 17.0 Å². The van der Waals surface area contributed by atoms with Crippen molar-refractivity contribution in [2.24, 2.45) is 0 Å². The maximum atomic E-state index is 13.0. The zero-order valence-electron chi connectivity index (χ0n) is 21.6. The van der Waals surface area contributed by atoms with Crippen LogP contribution < -0.4 is 20.7 Å². The fourth-order valence-electron chi connectivity index (χ4n) is 3.67. The quantitative estimate of drug-likeness (QED) is 0.104. The van der Waals surface area contributed by atoms with Crippen molar-refractivity contribution in [3.05, 3.63) is 109 Å². The lowest BCUT2D eigenvalue weighted by molar-refractivity contribution is -0.115. The zero-order valence-corrected chi connectivity index (χ0v) is 23.3. The van der Waals surface area contributed by atoms with Crippen LogP contribution in [0, 0.1) is 0 Å². The molecule has 8 heteroatoms. The van der Waals surface area contributed by atoms with Gasteiger partial charge in [0.15, 0.2) is 10.9 Å². The van der Waals surface area contributed by atoms with E-state index in [1.165, 1.54) is 18.7 Å². The first-order valence-electron chi connectivity index (χ1n) is 12.5. The highest BCUT2D eigenvalue weighted by molar-refractivity contribution is 8.00. The van der Waals surface area contributed by atoms with E-state index in [1.54, 1.807) is 12.1 Å². The number of hydrogen-bond donors (Lipinski definition) is 3. The second kappa shape index (κ2) is 13.6. The topological polar surface area (TPSA) is 79.5 Å². The third-order valence-corrected chi connectivity index (χ3v) is 7.25. The molecule has 4 aromatic carbocycles. The van der Waals surface area contributed by atoms with E-state index in [9.17, 15) is 9.59 Å². The Labute approximate surface area is 238 Å². The van der Waals surface area contributed by atoms with Crippen LogP contribution in [0.3, 0.4) is 0 Å². The fourth-order valence-corrected chi connectivity index (χ4v) is 4.92. The smallest absolute Gasteiger partial charge is 0.237 e. The number of hydrogen-bond acceptors (Lipinski definition) is 5. The van der Waals surface area contributed by atoms with Gasteiger partial charge in [0.25, 0.3) is 0 Å². The SMILES string of the molecule is CCC(Sc1cccc(NC(=S)Nc2ccc(C(C)=O)cc2)c1)C(=O)Nc1ccc(Oc2ccccc2)cc1. The summed E-state index contributed by atoms with van der Waals surface area (Å²) in [4.78, 5) is 25.4. The van der Waals surface area contributed by atoms with E-state index in [-0.39, 0.29) is 16.9 Å². The molecular weight excluding hydrogens is 526 g/mol. The first-order chi connectivity index (χ1) is 18.9. The Morgan fingerprint density at radius 1 is 0.769 bits per heavy atom. The molecule has 0 fully saturated rings. The van der Waals surface area contributed by atoms with Crippen molar-refractivity contribution in [3.63, 3.8) is 0 Å². The monoisotopic (exact) mass is 555 g/mol. The Morgan fingerprint density at radius 3 is 2.05 bits per heavy atom. The molecular formula is C31H29N3O3S2. The van der Waals surface area contributed by atoms with Crippen LogP contribution in [0.15, 0.2) is 108 Å². The summed E-state index contributed by atoms with van der Waals surface area (Å²) in [5.41, 5.74) is 2.95. The van der Waals surface area contributed by atoms with E-state index >= 15 is 0 Å². The number of ether oxygens (including phenoxy) is 1. The number of Topliss-reactive ketones (excluding diaryl/α,β-unsaturated/α-hetero) is 1. The molecule has 39 heavy (non-hydrogen) atoms. The lowest BCUT2D eigenvalue weighted by Crippen LogP contribution is -2.24. The van der Waals surface area contributed by atoms with E-state index < -0.39 is 0 Å². The standard InChI is InChI=1S/C31H29N3O3S2/c1-3-29(30(36)32-23-16-18-27(19-17-23)37-26-9-5-4-6-10-26)39-28-11-7-8-25(20-28)34-31(38)33-24-14-12-22(13-15-24)21(2)35/h4-20,29H,3H2,1-2H3,(H,32,36)(H2,33,34,38). The minimum absolute atomic E-state index is 0.0157. The molecule has 0 saturated heterocycles. The molecule has 0 aromatic heterocycles. The van der Waals surface area contributed by atoms with Crippen LogP contribution in [0.2, 0.25) is 0 Å². The Kier molecular flexibility index (Phi) is 9.72. The Bertz CT molecular complexity index is 1430. The van der Waals surface area contributed by atoms with Crippen molar-refractivity contribution in [3.8, 4) is 11.5 Å². The number of thioether (sulfide) groups is 1. The number of carbonyl (C=O) groups excluding carboxylic acids is 2. The van der Waals surface area contributed by atoms with Gasteiger partial charge in [0.1, 0.15) is 11.5 Å². The van der Waals surface area contributed by atoms with E-state index in [0.717, 1.165) is 22.0 Å². The summed E-state index contributed by atoms with van der Waals surface area (Å²) in [5.74, 6) is 1.41. The highest BCUT2D eigenvalue weighted by Gasteiger charge is 2.18. The summed E-state index contributed by atoms with van der Waals surface area (Å²) < 4.78 is 5.82. The van der Waals surface area contributed by atoms with E-state index in [1.807, 2.05) is 97.9 Å². The maximum Gasteiger partial charge on any atom is 0.237 e. The molecule has 0 aliphatic rings. The molecule has 0 saturated carbocycles. The summed E-state index contributed by atoms with van der Waals surface area (Å²) in [5, 5.41) is 9.46. The van der Waals surface area contributed by atoms with Gasteiger partial charge in [0.05, 0.1) is 5.25 Å². The van der Waals surface area contributed by atoms with Gasteiger partial charge >= 0.3 is 0 Å². The first kappa shape index (κ1) is 27.9. The van der Waals surface area contributed by atoms with Crippen LogP contribution in [0.4, 0.5) is 17.1 Å². The highest BCUT2D eigenvalue weighted by atomic mass is 32.2. The number of ketones is 1. The Hall–Kier alpha value is -4.14. The molecule has 0 bridgehead atoms. The summed E-state index contributed by atoms with van der Waals surface area (Å²) in [6, 6.07) is 31.8. The summed E-state index contributed by atoms with van der Waals surface area (Å²) in [6.45, 7) is 3.53. The van der Waals surface area contributed by atoms with Gasteiger partial charge in [-0.25, -0.2) is 0 Å². The van der Waals surface area contributed by atoms with Crippen LogP contribution in [0.25, 0.3) is 0 Å². The second-order valence-corrected chi connectivity index (χ2v) is 10.4. The van der Waals surface area contributed by atoms with Crippen molar-refractivity contribution < 1.29 is 14.3 Å². The minimum atomic E-state index is -0.273. The molecule has 6 nitrogen and oxygen atoms in total. The highest BCUT2D eigenvalue weighted by Crippen LogP contribution is 2.29. The fraction of sp³-hybridized carbons (Fsp3) is 0.129. The second-order valence-electron chi connectivity index (χ2n) is 8.68. The molecule has 0 aliphatic carbocycles. The van der Waals surface area contributed by atoms with E-state index in [2.05, 4.69) is 16.0 Å². The molecule has 0 heterocycles. The molecule has 0 spiro atoms. The molecule has 0 radical (unpaired) electrons. The predicted molar refractivity (Wildman–Crippen MR) is 164 cm³/mol. The van der Waals surface area contributed by atoms with Crippen LogP contribution in [0.1, 0.15) is 30.6 Å². The molecule has 1 unspecified atom stereocenters. The average Bonchev–Trinajstić information content (AvgIpc) is 2.93. The lowest BCUT2D eigenvalue weighted by Gasteiger charge is -2.16. The third-order valence-electron chi connectivity index (χ3n) is 5.68.